The highest BCUT2D eigenvalue weighted by Gasteiger charge is 2.20. The first kappa shape index (κ1) is 14.8. The molecule has 0 aliphatic carbocycles. The van der Waals surface area contributed by atoms with Crippen molar-refractivity contribution in [1.29, 1.82) is 0 Å². The van der Waals surface area contributed by atoms with E-state index in [2.05, 4.69) is 16.8 Å². The fourth-order valence-electron chi connectivity index (χ4n) is 2.61. The van der Waals surface area contributed by atoms with Gasteiger partial charge < -0.3 is 15.4 Å². The van der Waals surface area contributed by atoms with Crippen molar-refractivity contribution in [2.45, 2.75) is 38.7 Å². The molecule has 0 spiro atoms. The number of amides is 1. The standard InChI is InChI=1S/C15H23N3O2/c1-2-10-20-12-4-3-8-18(9-6-12)14-5-7-17-11-13(14)15(16)19/h5,7,11-12H,2-4,6,8-10H2,1H3,(H2,16,19). The average molecular weight is 277 g/mol. The maximum Gasteiger partial charge on any atom is 0.252 e. The summed E-state index contributed by atoms with van der Waals surface area (Å²) in [7, 11) is 0. The Morgan fingerprint density at radius 2 is 2.35 bits per heavy atom. The summed E-state index contributed by atoms with van der Waals surface area (Å²) in [6, 6.07) is 1.87. The van der Waals surface area contributed by atoms with Crippen LogP contribution in [0.3, 0.4) is 0 Å². The Morgan fingerprint density at radius 3 is 3.10 bits per heavy atom. The van der Waals surface area contributed by atoms with Crippen LogP contribution in [0.1, 0.15) is 43.0 Å². The molecule has 0 bridgehead atoms. The summed E-state index contributed by atoms with van der Waals surface area (Å²) in [4.78, 5) is 17.7. The number of nitrogens with zero attached hydrogens (tertiary/aromatic N) is 2. The zero-order valence-corrected chi connectivity index (χ0v) is 12.0. The molecule has 5 nitrogen and oxygen atoms in total. The lowest BCUT2D eigenvalue weighted by atomic mass is 10.1. The van der Waals surface area contributed by atoms with Crippen LogP contribution in [0, 0.1) is 0 Å². The molecule has 2 heterocycles. The van der Waals surface area contributed by atoms with Gasteiger partial charge in [-0.3, -0.25) is 9.78 Å². The fourth-order valence-corrected chi connectivity index (χ4v) is 2.61. The second kappa shape index (κ2) is 7.24. The van der Waals surface area contributed by atoms with E-state index in [4.69, 9.17) is 10.5 Å². The van der Waals surface area contributed by atoms with Crippen molar-refractivity contribution < 1.29 is 9.53 Å². The van der Waals surface area contributed by atoms with E-state index in [1.807, 2.05) is 6.07 Å². The van der Waals surface area contributed by atoms with Crippen LogP contribution in [-0.4, -0.2) is 36.7 Å². The van der Waals surface area contributed by atoms with E-state index in [0.29, 0.717) is 11.7 Å². The van der Waals surface area contributed by atoms with Crippen LogP contribution < -0.4 is 10.6 Å². The van der Waals surface area contributed by atoms with Gasteiger partial charge in [0.1, 0.15) is 0 Å². The Kier molecular flexibility index (Phi) is 5.35. The monoisotopic (exact) mass is 277 g/mol. The number of rotatable bonds is 5. The minimum atomic E-state index is -0.420. The zero-order valence-electron chi connectivity index (χ0n) is 12.0. The summed E-state index contributed by atoms with van der Waals surface area (Å²) >= 11 is 0. The van der Waals surface area contributed by atoms with Crippen LogP contribution in [0.15, 0.2) is 18.5 Å². The lowest BCUT2D eigenvalue weighted by molar-refractivity contribution is 0.0461. The molecule has 1 aromatic heterocycles. The van der Waals surface area contributed by atoms with Crippen LogP contribution >= 0.6 is 0 Å². The van der Waals surface area contributed by atoms with Gasteiger partial charge in [0, 0.05) is 32.1 Å². The smallest absolute Gasteiger partial charge is 0.252 e. The number of primary amides is 1. The molecule has 0 saturated carbocycles. The fraction of sp³-hybridized carbons (Fsp3) is 0.600. The van der Waals surface area contributed by atoms with Crippen molar-refractivity contribution in [2.75, 3.05) is 24.6 Å². The molecule has 1 amide bonds. The number of anilines is 1. The van der Waals surface area contributed by atoms with Gasteiger partial charge >= 0.3 is 0 Å². The number of carbonyl (C=O) groups is 1. The summed E-state index contributed by atoms with van der Waals surface area (Å²) in [6.07, 6.45) is 7.77. The van der Waals surface area contributed by atoms with Gasteiger partial charge in [0.05, 0.1) is 17.4 Å². The summed E-state index contributed by atoms with van der Waals surface area (Å²) in [5.41, 5.74) is 6.82. The van der Waals surface area contributed by atoms with Gasteiger partial charge in [0.25, 0.3) is 5.91 Å². The molecule has 1 aliphatic rings. The first-order valence-electron chi connectivity index (χ1n) is 7.32. The molecule has 0 radical (unpaired) electrons. The molecular weight excluding hydrogens is 254 g/mol. The molecule has 1 aliphatic heterocycles. The van der Waals surface area contributed by atoms with Gasteiger partial charge in [0.15, 0.2) is 0 Å². The number of aromatic nitrogens is 1. The van der Waals surface area contributed by atoms with Gasteiger partial charge in [-0.2, -0.15) is 0 Å². The van der Waals surface area contributed by atoms with Crippen LogP contribution in [0.25, 0.3) is 0 Å². The molecular formula is C15H23N3O2. The Morgan fingerprint density at radius 1 is 1.50 bits per heavy atom. The molecule has 2 N–H and O–H groups in total. The minimum absolute atomic E-state index is 0.332. The lowest BCUT2D eigenvalue weighted by Crippen LogP contribution is -2.28. The molecule has 1 fully saturated rings. The molecule has 1 unspecified atom stereocenters. The van der Waals surface area contributed by atoms with E-state index in [9.17, 15) is 4.79 Å². The van der Waals surface area contributed by atoms with E-state index in [-0.39, 0.29) is 0 Å². The highest BCUT2D eigenvalue weighted by Crippen LogP contribution is 2.23. The number of nitrogens with two attached hydrogens (primary N) is 1. The molecule has 20 heavy (non-hydrogen) atoms. The number of carbonyl (C=O) groups excluding carboxylic acids is 1. The predicted octanol–water partition coefficient (Wildman–Crippen LogP) is 1.97. The first-order chi connectivity index (χ1) is 9.72. The Labute approximate surface area is 120 Å². The average Bonchev–Trinajstić information content (AvgIpc) is 2.70. The largest absolute Gasteiger partial charge is 0.378 e. The molecule has 2 rings (SSSR count). The van der Waals surface area contributed by atoms with Crippen molar-refractivity contribution >= 4 is 11.6 Å². The maximum absolute atomic E-state index is 11.5. The summed E-state index contributed by atoms with van der Waals surface area (Å²) in [5, 5.41) is 0. The van der Waals surface area contributed by atoms with Crippen LogP contribution in [0.4, 0.5) is 5.69 Å². The highest BCUT2D eigenvalue weighted by molar-refractivity contribution is 5.98. The van der Waals surface area contributed by atoms with Crippen LogP contribution in [-0.2, 0) is 4.74 Å². The van der Waals surface area contributed by atoms with E-state index in [1.165, 1.54) is 0 Å². The summed E-state index contributed by atoms with van der Waals surface area (Å²) in [5.74, 6) is -0.420. The van der Waals surface area contributed by atoms with E-state index in [0.717, 1.165) is 51.1 Å². The lowest BCUT2D eigenvalue weighted by Gasteiger charge is -2.24. The summed E-state index contributed by atoms with van der Waals surface area (Å²) in [6.45, 7) is 4.76. The van der Waals surface area contributed by atoms with Crippen LogP contribution in [0.2, 0.25) is 0 Å². The van der Waals surface area contributed by atoms with Crippen LogP contribution in [0.5, 0.6) is 0 Å². The second-order valence-electron chi connectivity index (χ2n) is 5.17. The van der Waals surface area contributed by atoms with Gasteiger partial charge in [-0.05, 0) is 31.7 Å². The molecule has 110 valence electrons. The quantitative estimate of drug-likeness (QED) is 0.893. The van der Waals surface area contributed by atoms with E-state index in [1.54, 1.807) is 12.4 Å². The third-order valence-electron chi connectivity index (χ3n) is 3.64. The number of hydrogen-bond acceptors (Lipinski definition) is 4. The summed E-state index contributed by atoms with van der Waals surface area (Å²) < 4.78 is 5.84. The maximum atomic E-state index is 11.5. The molecule has 1 aromatic rings. The van der Waals surface area contributed by atoms with Gasteiger partial charge in [-0.1, -0.05) is 6.92 Å². The first-order valence-corrected chi connectivity index (χ1v) is 7.32. The van der Waals surface area contributed by atoms with Crippen molar-refractivity contribution in [1.82, 2.24) is 4.98 Å². The number of ether oxygens (including phenoxy) is 1. The minimum Gasteiger partial charge on any atom is -0.378 e. The topological polar surface area (TPSA) is 68.4 Å². The van der Waals surface area contributed by atoms with Gasteiger partial charge in [-0.25, -0.2) is 0 Å². The predicted molar refractivity (Wildman–Crippen MR) is 78.8 cm³/mol. The normalized spacial score (nSPS) is 19.6. The third kappa shape index (κ3) is 3.70. The number of hydrogen-bond donors (Lipinski definition) is 1. The Balaban J connectivity index is 2.05. The number of pyridine rings is 1. The SMILES string of the molecule is CCCOC1CCCN(c2ccncc2C(N)=O)CC1. The van der Waals surface area contributed by atoms with Crippen molar-refractivity contribution in [3.63, 3.8) is 0 Å². The molecule has 5 heteroatoms. The molecule has 1 saturated heterocycles. The molecule has 1 atom stereocenters. The van der Waals surface area contributed by atoms with Crippen molar-refractivity contribution in [3.05, 3.63) is 24.0 Å². The molecule has 0 aromatic carbocycles. The zero-order chi connectivity index (χ0) is 14.4. The van der Waals surface area contributed by atoms with Gasteiger partial charge in [0.2, 0.25) is 0 Å². The van der Waals surface area contributed by atoms with E-state index >= 15 is 0 Å². The second-order valence-corrected chi connectivity index (χ2v) is 5.17. The van der Waals surface area contributed by atoms with Crippen molar-refractivity contribution in [2.24, 2.45) is 5.73 Å². The van der Waals surface area contributed by atoms with Crippen molar-refractivity contribution in [3.8, 4) is 0 Å². The Hall–Kier alpha value is -1.62. The Bertz CT molecular complexity index is 450. The van der Waals surface area contributed by atoms with Gasteiger partial charge in [-0.15, -0.1) is 0 Å². The third-order valence-corrected chi connectivity index (χ3v) is 3.64. The highest BCUT2D eigenvalue weighted by atomic mass is 16.5. The van der Waals surface area contributed by atoms with E-state index < -0.39 is 5.91 Å².